The van der Waals surface area contributed by atoms with Gasteiger partial charge in [0.25, 0.3) is 0 Å². The molecule has 0 aromatic carbocycles. The van der Waals surface area contributed by atoms with Gasteiger partial charge in [0.15, 0.2) is 0 Å². The normalized spacial score (nSPS) is 36.8. The van der Waals surface area contributed by atoms with Gasteiger partial charge < -0.3 is 16.2 Å². The largest absolute Gasteiger partial charge is 0.459 e. The highest BCUT2D eigenvalue weighted by molar-refractivity contribution is 5.76. The summed E-state index contributed by atoms with van der Waals surface area (Å²) in [6.07, 6.45) is 0.360. The van der Waals surface area contributed by atoms with Crippen LogP contribution in [0.1, 0.15) is 20.3 Å². The quantitative estimate of drug-likeness (QED) is 0.528. The van der Waals surface area contributed by atoms with Crippen molar-refractivity contribution in [2.24, 2.45) is 17.4 Å². The first-order valence-corrected chi connectivity index (χ1v) is 4.24. The molecule has 3 unspecified atom stereocenters. The highest BCUT2D eigenvalue weighted by Gasteiger charge is 2.35. The second-order valence-electron chi connectivity index (χ2n) is 3.65. The topological polar surface area (TPSA) is 78.3 Å². The van der Waals surface area contributed by atoms with E-state index in [1.165, 1.54) is 0 Å². The number of carbonyl (C=O) groups excluding carboxylic acids is 1. The van der Waals surface area contributed by atoms with Crippen LogP contribution in [0.15, 0.2) is 0 Å². The van der Waals surface area contributed by atoms with Gasteiger partial charge in [-0.3, -0.25) is 4.79 Å². The Balaban J connectivity index is 2.61. The molecule has 12 heavy (non-hydrogen) atoms. The van der Waals surface area contributed by atoms with Gasteiger partial charge in [-0.05, 0) is 12.3 Å². The second-order valence-corrected chi connectivity index (χ2v) is 3.65. The summed E-state index contributed by atoms with van der Waals surface area (Å²) in [6, 6.07) is -0.646. The van der Waals surface area contributed by atoms with Crippen molar-refractivity contribution < 1.29 is 9.53 Å². The molecule has 0 bridgehead atoms. The van der Waals surface area contributed by atoms with Crippen LogP contribution in [0.2, 0.25) is 0 Å². The Morgan fingerprint density at radius 2 is 2.08 bits per heavy atom. The van der Waals surface area contributed by atoms with Crippen LogP contribution in [0.3, 0.4) is 0 Å². The third-order valence-corrected chi connectivity index (χ3v) is 2.16. The molecule has 0 saturated carbocycles. The van der Waals surface area contributed by atoms with E-state index in [1.807, 2.05) is 13.8 Å². The summed E-state index contributed by atoms with van der Waals surface area (Å²) >= 11 is 0. The lowest BCUT2D eigenvalue weighted by Gasteiger charge is -2.33. The van der Waals surface area contributed by atoms with Crippen LogP contribution in [0.4, 0.5) is 0 Å². The van der Waals surface area contributed by atoms with Gasteiger partial charge in [0.1, 0.15) is 12.1 Å². The maximum Gasteiger partial charge on any atom is 0.323 e. The molecule has 1 rings (SSSR count). The molecule has 1 aliphatic heterocycles. The van der Waals surface area contributed by atoms with Crippen LogP contribution in [0.5, 0.6) is 0 Å². The lowest BCUT2D eigenvalue weighted by Crippen LogP contribution is -2.53. The molecular weight excluding hydrogens is 156 g/mol. The summed E-state index contributed by atoms with van der Waals surface area (Å²) in [6.45, 7) is 3.96. The Morgan fingerprint density at radius 1 is 1.50 bits per heavy atom. The maximum absolute atomic E-state index is 11.1. The SMILES string of the molecule is CC(C)C1OC(=O)C(N)CC1N. The number of cyclic esters (lactones) is 1. The van der Waals surface area contributed by atoms with Gasteiger partial charge in [-0.25, -0.2) is 0 Å². The lowest BCUT2D eigenvalue weighted by molar-refractivity contribution is -0.160. The van der Waals surface area contributed by atoms with Crippen molar-refractivity contribution in [1.29, 1.82) is 0 Å². The van der Waals surface area contributed by atoms with Crippen molar-refractivity contribution in [1.82, 2.24) is 0 Å². The first-order valence-electron chi connectivity index (χ1n) is 4.24. The smallest absolute Gasteiger partial charge is 0.323 e. The van der Waals surface area contributed by atoms with Crippen molar-refractivity contribution in [2.45, 2.75) is 38.5 Å². The van der Waals surface area contributed by atoms with Crippen molar-refractivity contribution in [3.05, 3.63) is 0 Å². The fourth-order valence-electron chi connectivity index (χ4n) is 1.46. The van der Waals surface area contributed by atoms with E-state index in [9.17, 15) is 4.79 Å². The molecule has 1 heterocycles. The fraction of sp³-hybridized carbons (Fsp3) is 0.875. The Bertz CT molecular complexity index is 182. The monoisotopic (exact) mass is 172 g/mol. The minimum atomic E-state index is -0.532. The zero-order valence-electron chi connectivity index (χ0n) is 7.49. The third-order valence-electron chi connectivity index (χ3n) is 2.16. The van der Waals surface area contributed by atoms with E-state index in [4.69, 9.17) is 16.2 Å². The Morgan fingerprint density at radius 3 is 2.58 bits per heavy atom. The van der Waals surface area contributed by atoms with E-state index in [1.54, 1.807) is 0 Å². The number of rotatable bonds is 1. The molecule has 3 atom stereocenters. The number of ether oxygens (including phenoxy) is 1. The van der Waals surface area contributed by atoms with Crippen LogP contribution in [0.25, 0.3) is 0 Å². The molecule has 0 spiro atoms. The highest BCUT2D eigenvalue weighted by atomic mass is 16.5. The molecule has 1 aliphatic rings. The average Bonchev–Trinajstić information content (AvgIpc) is 1.96. The van der Waals surface area contributed by atoms with Gasteiger partial charge >= 0.3 is 5.97 Å². The maximum atomic E-state index is 11.1. The minimum Gasteiger partial charge on any atom is -0.459 e. The highest BCUT2D eigenvalue weighted by Crippen LogP contribution is 2.19. The van der Waals surface area contributed by atoms with Gasteiger partial charge in [-0.15, -0.1) is 0 Å². The molecule has 1 saturated heterocycles. The van der Waals surface area contributed by atoms with Crippen molar-refractivity contribution in [2.75, 3.05) is 0 Å². The fourth-order valence-corrected chi connectivity index (χ4v) is 1.46. The molecule has 0 radical (unpaired) electrons. The summed E-state index contributed by atoms with van der Waals surface area (Å²) in [4.78, 5) is 11.1. The Kier molecular flexibility index (Phi) is 2.69. The summed E-state index contributed by atoms with van der Waals surface area (Å²) in [5.41, 5.74) is 11.3. The molecular formula is C8H16N2O2. The number of esters is 1. The van der Waals surface area contributed by atoms with Gasteiger partial charge in [-0.2, -0.15) is 0 Å². The first kappa shape index (κ1) is 9.48. The van der Waals surface area contributed by atoms with E-state index < -0.39 is 6.04 Å². The molecule has 0 amide bonds. The number of hydrogen-bond acceptors (Lipinski definition) is 4. The molecule has 0 aromatic rings. The Hall–Kier alpha value is -0.610. The van der Waals surface area contributed by atoms with Crippen LogP contribution in [0, 0.1) is 5.92 Å². The van der Waals surface area contributed by atoms with Crippen molar-refractivity contribution in [3.8, 4) is 0 Å². The molecule has 1 fully saturated rings. The summed E-state index contributed by atoms with van der Waals surface area (Å²) in [5, 5.41) is 0. The second kappa shape index (κ2) is 3.41. The van der Waals surface area contributed by atoms with Gasteiger partial charge in [-0.1, -0.05) is 13.8 Å². The number of carbonyl (C=O) groups is 1. The van der Waals surface area contributed by atoms with E-state index >= 15 is 0 Å². The summed E-state index contributed by atoms with van der Waals surface area (Å²) in [7, 11) is 0. The number of nitrogens with two attached hydrogens (primary N) is 2. The zero-order chi connectivity index (χ0) is 9.30. The van der Waals surface area contributed by atoms with E-state index in [2.05, 4.69) is 0 Å². The number of hydrogen-bond donors (Lipinski definition) is 2. The molecule has 0 aromatic heterocycles. The van der Waals surface area contributed by atoms with E-state index in [-0.39, 0.29) is 24.0 Å². The predicted octanol–water partition coefficient (Wildman–Crippen LogP) is -0.387. The van der Waals surface area contributed by atoms with Gasteiger partial charge in [0.05, 0.1) is 0 Å². The van der Waals surface area contributed by atoms with Gasteiger partial charge in [0, 0.05) is 6.04 Å². The van der Waals surface area contributed by atoms with Crippen LogP contribution >= 0.6 is 0 Å². The van der Waals surface area contributed by atoms with Crippen LogP contribution in [-0.4, -0.2) is 24.2 Å². The van der Waals surface area contributed by atoms with Crippen molar-refractivity contribution in [3.63, 3.8) is 0 Å². The zero-order valence-corrected chi connectivity index (χ0v) is 7.49. The molecule has 70 valence electrons. The summed E-state index contributed by atoms with van der Waals surface area (Å²) < 4.78 is 5.08. The van der Waals surface area contributed by atoms with Crippen LogP contribution < -0.4 is 11.5 Å². The average molecular weight is 172 g/mol. The van der Waals surface area contributed by atoms with Crippen LogP contribution in [-0.2, 0) is 9.53 Å². The molecule has 0 aliphatic carbocycles. The van der Waals surface area contributed by atoms with E-state index in [0.717, 1.165) is 0 Å². The standard InChI is InChI=1S/C8H16N2O2/c1-4(2)7-5(9)3-6(10)8(11)12-7/h4-7H,3,9-10H2,1-2H3. The minimum absolute atomic E-state index is 0.113. The molecule has 4 N–H and O–H groups in total. The lowest BCUT2D eigenvalue weighted by atomic mass is 9.92. The molecule has 4 heteroatoms. The van der Waals surface area contributed by atoms with Crippen molar-refractivity contribution >= 4 is 5.97 Å². The summed E-state index contributed by atoms with van der Waals surface area (Å²) in [5.74, 6) is -0.0631. The Labute approximate surface area is 72.2 Å². The third kappa shape index (κ3) is 1.76. The van der Waals surface area contributed by atoms with E-state index in [0.29, 0.717) is 6.42 Å². The molecule has 4 nitrogen and oxygen atoms in total. The first-order chi connectivity index (χ1) is 5.52. The predicted molar refractivity (Wildman–Crippen MR) is 45.3 cm³/mol. The van der Waals surface area contributed by atoms with Gasteiger partial charge in [0.2, 0.25) is 0 Å².